The monoisotopic (exact) mass is 472 g/mol. The molecular weight excluding hydrogens is 432 g/mol. The summed E-state index contributed by atoms with van der Waals surface area (Å²) in [6.07, 6.45) is 6.89. The average Bonchev–Trinajstić information content (AvgIpc) is 2.70. The molecule has 2 N–H and O–H groups in total. The van der Waals surface area contributed by atoms with Gasteiger partial charge < -0.3 is 10.2 Å². The first-order valence-electron chi connectivity index (χ1n) is 12.3. The van der Waals surface area contributed by atoms with Gasteiger partial charge in [-0.3, -0.25) is 4.79 Å². The molecule has 35 heavy (non-hydrogen) atoms. The number of hydrogen-bond acceptors (Lipinski definition) is 3. The fraction of sp³-hybridized carbons (Fsp3) is 0.406. The molecule has 0 amide bonds. The summed E-state index contributed by atoms with van der Waals surface area (Å²) in [5.41, 5.74) is 6.46. The van der Waals surface area contributed by atoms with Gasteiger partial charge in [0.15, 0.2) is 5.78 Å². The van der Waals surface area contributed by atoms with E-state index in [1.54, 1.807) is 12.2 Å². The van der Waals surface area contributed by atoms with E-state index in [9.17, 15) is 15.0 Å². The molecule has 0 aromatic heterocycles. The van der Waals surface area contributed by atoms with E-state index >= 15 is 0 Å². The van der Waals surface area contributed by atoms with Gasteiger partial charge in [-0.1, -0.05) is 74.5 Å². The maximum atomic E-state index is 11.9. The Kier molecular flexibility index (Phi) is 6.71. The zero-order valence-electron chi connectivity index (χ0n) is 22.9. The van der Waals surface area contributed by atoms with Gasteiger partial charge in [0, 0.05) is 16.7 Å². The summed E-state index contributed by atoms with van der Waals surface area (Å²) >= 11 is 0. The van der Waals surface area contributed by atoms with Gasteiger partial charge in [0.05, 0.1) is 0 Å². The van der Waals surface area contributed by atoms with Crippen LogP contribution in [0, 0.1) is 6.92 Å². The molecule has 0 aliphatic heterocycles. The molecule has 0 fully saturated rings. The van der Waals surface area contributed by atoms with Crippen molar-refractivity contribution in [2.24, 2.45) is 0 Å². The first-order valence-corrected chi connectivity index (χ1v) is 12.3. The Morgan fingerprint density at radius 1 is 0.600 bits per heavy atom. The number of allylic oxidation sites excluding steroid dienone is 5. The highest BCUT2D eigenvalue weighted by molar-refractivity contribution is 6.03. The van der Waals surface area contributed by atoms with Crippen molar-refractivity contribution in [3.05, 3.63) is 87.5 Å². The third-order valence-electron chi connectivity index (χ3n) is 6.55. The van der Waals surface area contributed by atoms with Crippen LogP contribution in [-0.4, -0.2) is 16.0 Å². The van der Waals surface area contributed by atoms with E-state index in [-0.39, 0.29) is 22.0 Å². The third kappa shape index (κ3) is 5.45. The van der Waals surface area contributed by atoms with E-state index in [0.29, 0.717) is 11.5 Å². The molecule has 3 nitrogen and oxygen atoms in total. The summed E-state index contributed by atoms with van der Waals surface area (Å²) in [7, 11) is 0. The van der Waals surface area contributed by atoms with Crippen LogP contribution >= 0.6 is 0 Å². The normalized spacial score (nSPS) is 14.6. The largest absolute Gasteiger partial charge is 0.507 e. The van der Waals surface area contributed by atoms with Crippen LogP contribution in [0.3, 0.4) is 0 Å². The first kappa shape index (κ1) is 26.5. The quantitative estimate of drug-likeness (QED) is 0.469. The van der Waals surface area contributed by atoms with Crippen LogP contribution in [0.2, 0.25) is 0 Å². The van der Waals surface area contributed by atoms with E-state index in [1.807, 2.05) is 25.1 Å². The Labute approximate surface area is 210 Å². The van der Waals surface area contributed by atoms with E-state index < -0.39 is 0 Å². The standard InChI is InChI=1S/C32H40O3/c1-19-15-21(16-24(28(19)34)30(2,3)4)27(20-11-13-23(33)14-12-20)22-17-25(31(5,6)7)29(35)26(18-22)32(8,9)10/h11-18,34-35H,1-10H3. The maximum Gasteiger partial charge on any atom is 0.178 e. The number of aryl methyl sites for hydroxylation is 1. The number of ketones is 1. The smallest absolute Gasteiger partial charge is 0.178 e. The van der Waals surface area contributed by atoms with Crippen molar-refractivity contribution >= 4 is 11.4 Å². The minimum absolute atomic E-state index is 0.0400. The number of rotatable bonds is 2. The zero-order valence-corrected chi connectivity index (χ0v) is 22.9. The molecule has 0 saturated carbocycles. The van der Waals surface area contributed by atoms with Crippen LogP contribution in [0.1, 0.15) is 95.7 Å². The van der Waals surface area contributed by atoms with E-state index in [0.717, 1.165) is 44.5 Å². The molecule has 1 aliphatic carbocycles. The second kappa shape index (κ2) is 8.86. The van der Waals surface area contributed by atoms with Crippen molar-refractivity contribution in [1.82, 2.24) is 0 Å². The second-order valence-corrected chi connectivity index (χ2v) is 12.8. The van der Waals surface area contributed by atoms with Gasteiger partial charge in [-0.2, -0.15) is 0 Å². The Morgan fingerprint density at radius 3 is 1.37 bits per heavy atom. The lowest BCUT2D eigenvalue weighted by Gasteiger charge is -2.29. The lowest BCUT2D eigenvalue weighted by atomic mass is 9.76. The Hall–Kier alpha value is -3.07. The summed E-state index contributed by atoms with van der Waals surface area (Å²) < 4.78 is 0. The summed E-state index contributed by atoms with van der Waals surface area (Å²) in [5.74, 6) is 0.606. The molecule has 0 bridgehead atoms. The van der Waals surface area contributed by atoms with Crippen LogP contribution < -0.4 is 0 Å². The molecule has 1 aliphatic rings. The van der Waals surface area contributed by atoms with E-state index in [1.165, 1.54) is 0 Å². The molecule has 0 saturated heterocycles. The lowest BCUT2D eigenvalue weighted by molar-refractivity contribution is -0.110. The predicted molar refractivity (Wildman–Crippen MR) is 146 cm³/mol. The fourth-order valence-corrected chi connectivity index (χ4v) is 4.54. The second-order valence-electron chi connectivity index (χ2n) is 12.8. The van der Waals surface area contributed by atoms with Crippen molar-refractivity contribution in [3.8, 4) is 11.5 Å². The average molecular weight is 473 g/mol. The van der Waals surface area contributed by atoms with Crippen molar-refractivity contribution in [2.45, 2.75) is 85.5 Å². The summed E-state index contributed by atoms with van der Waals surface area (Å²) in [5, 5.41) is 22.2. The van der Waals surface area contributed by atoms with Gasteiger partial charge in [-0.05, 0) is 87.4 Å². The number of carbonyl (C=O) groups excluding carboxylic acids is 1. The molecule has 2 aromatic carbocycles. The first-order chi connectivity index (χ1) is 15.9. The van der Waals surface area contributed by atoms with Crippen molar-refractivity contribution in [3.63, 3.8) is 0 Å². The molecule has 0 heterocycles. The van der Waals surface area contributed by atoms with Crippen LogP contribution in [-0.2, 0) is 21.0 Å². The molecule has 0 spiro atoms. The van der Waals surface area contributed by atoms with Crippen molar-refractivity contribution in [1.29, 1.82) is 0 Å². The highest BCUT2D eigenvalue weighted by atomic mass is 16.3. The van der Waals surface area contributed by atoms with Gasteiger partial charge in [0.25, 0.3) is 0 Å². The van der Waals surface area contributed by atoms with Crippen LogP contribution in [0.5, 0.6) is 11.5 Å². The Morgan fingerprint density at radius 2 is 0.971 bits per heavy atom. The van der Waals surface area contributed by atoms with Crippen LogP contribution in [0.4, 0.5) is 0 Å². The molecule has 3 rings (SSSR count). The highest BCUT2D eigenvalue weighted by Gasteiger charge is 2.29. The van der Waals surface area contributed by atoms with Gasteiger partial charge in [-0.15, -0.1) is 0 Å². The molecule has 186 valence electrons. The molecule has 2 aromatic rings. The molecule has 0 unspecified atom stereocenters. The summed E-state index contributed by atoms with van der Waals surface area (Å²) in [6, 6.07) is 8.21. The van der Waals surface area contributed by atoms with Crippen molar-refractivity contribution in [2.75, 3.05) is 0 Å². The van der Waals surface area contributed by atoms with Gasteiger partial charge in [0.2, 0.25) is 0 Å². The minimum atomic E-state index is -0.272. The van der Waals surface area contributed by atoms with E-state index in [2.05, 4.69) is 80.5 Å². The SMILES string of the molecule is Cc1cc(C(=C2C=CC(=O)C=C2)c2cc(C(C)(C)C)c(O)c(C(C)(C)C)c2)cc(C(C)(C)C)c1O. The maximum absolute atomic E-state index is 11.9. The van der Waals surface area contributed by atoms with Gasteiger partial charge in [0.1, 0.15) is 11.5 Å². The topological polar surface area (TPSA) is 57.5 Å². The molecule has 3 heteroatoms. The molecule has 0 radical (unpaired) electrons. The minimum Gasteiger partial charge on any atom is -0.507 e. The van der Waals surface area contributed by atoms with Crippen LogP contribution in [0.25, 0.3) is 5.57 Å². The number of carbonyl (C=O) groups is 1. The van der Waals surface area contributed by atoms with Crippen molar-refractivity contribution < 1.29 is 15.0 Å². The Bertz CT molecular complexity index is 1210. The lowest BCUT2D eigenvalue weighted by Crippen LogP contribution is -2.18. The predicted octanol–water partition coefficient (Wildman–Crippen LogP) is 7.80. The van der Waals surface area contributed by atoms with Gasteiger partial charge >= 0.3 is 0 Å². The number of aromatic hydroxyl groups is 2. The van der Waals surface area contributed by atoms with E-state index in [4.69, 9.17) is 0 Å². The number of hydrogen-bond donors (Lipinski definition) is 2. The zero-order chi connectivity index (χ0) is 26.5. The number of benzene rings is 2. The summed E-state index contributed by atoms with van der Waals surface area (Å²) in [6.45, 7) is 20.8. The molecular formula is C32H40O3. The number of phenols is 2. The molecule has 0 atom stereocenters. The van der Waals surface area contributed by atoms with Gasteiger partial charge in [-0.25, -0.2) is 0 Å². The van der Waals surface area contributed by atoms with Crippen LogP contribution in [0.15, 0.2) is 54.1 Å². The highest BCUT2D eigenvalue weighted by Crippen LogP contribution is 2.44. The third-order valence-corrected chi connectivity index (χ3v) is 6.55. The Balaban J connectivity index is 2.48. The number of phenolic OH excluding ortho intramolecular Hbond substituents is 2. The summed E-state index contributed by atoms with van der Waals surface area (Å²) in [4.78, 5) is 11.9. The fourth-order valence-electron chi connectivity index (χ4n) is 4.54.